The first-order valence-corrected chi connectivity index (χ1v) is 9.16. The third kappa shape index (κ3) is 3.50. The monoisotopic (exact) mass is 350 g/mol. The molecule has 1 heterocycles. The van der Waals surface area contributed by atoms with Crippen molar-refractivity contribution >= 4 is 23.2 Å². The largest absolute Gasteiger partial charge is 0.312 e. The van der Waals surface area contributed by atoms with Gasteiger partial charge in [0.25, 0.3) is 0 Å². The standard InChI is InChI=1S/C22H26N2O2/c1-5-23(19-8-6-7-15(2)11-19)22(26)18-13-21(25)24(14-18)20-10-9-16(3)17(4)12-20/h6-12,18H,5,13-14H2,1-4H3/t18-/m1/s1. The summed E-state index contributed by atoms with van der Waals surface area (Å²) < 4.78 is 0. The van der Waals surface area contributed by atoms with Gasteiger partial charge >= 0.3 is 0 Å². The van der Waals surface area contributed by atoms with Crippen LogP contribution in [0.4, 0.5) is 11.4 Å². The number of amides is 2. The molecular formula is C22H26N2O2. The van der Waals surface area contributed by atoms with E-state index in [2.05, 4.69) is 6.92 Å². The van der Waals surface area contributed by atoms with Crippen LogP contribution in [0.5, 0.6) is 0 Å². The van der Waals surface area contributed by atoms with Gasteiger partial charge in [-0.2, -0.15) is 0 Å². The van der Waals surface area contributed by atoms with Crippen molar-refractivity contribution in [3.05, 3.63) is 59.2 Å². The maximum absolute atomic E-state index is 13.1. The van der Waals surface area contributed by atoms with Gasteiger partial charge < -0.3 is 9.80 Å². The Hall–Kier alpha value is -2.62. The molecule has 0 spiro atoms. The Morgan fingerprint density at radius 1 is 1.12 bits per heavy atom. The van der Waals surface area contributed by atoms with Gasteiger partial charge in [-0.3, -0.25) is 9.59 Å². The molecule has 1 aliphatic heterocycles. The molecule has 2 aromatic rings. The Bertz CT molecular complexity index is 844. The van der Waals surface area contributed by atoms with Crippen molar-refractivity contribution in [3.8, 4) is 0 Å². The zero-order valence-corrected chi connectivity index (χ0v) is 16.0. The van der Waals surface area contributed by atoms with Crippen LogP contribution < -0.4 is 9.80 Å². The minimum absolute atomic E-state index is 0.0203. The summed E-state index contributed by atoms with van der Waals surface area (Å²) in [7, 11) is 0. The van der Waals surface area contributed by atoms with Gasteiger partial charge in [0.05, 0.1) is 5.92 Å². The minimum Gasteiger partial charge on any atom is -0.312 e. The minimum atomic E-state index is -0.301. The summed E-state index contributed by atoms with van der Waals surface area (Å²) in [4.78, 5) is 29.2. The molecule has 1 fully saturated rings. The first kappa shape index (κ1) is 18.2. The number of rotatable bonds is 4. The molecular weight excluding hydrogens is 324 g/mol. The molecule has 0 unspecified atom stereocenters. The maximum atomic E-state index is 13.1. The fraction of sp³-hybridized carbons (Fsp3) is 0.364. The summed E-state index contributed by atoms with van der Waals surface area (Å²) >= 11 is 0. The SMILES string of the molecule is CCN(C(=O)[C@@H]1CC(=O)N(c2ccc(C)c(C)c2)C1)c1cccc(C)c1. The van der Waals surface area contributed by atoms with Crippen LogP contribution in [0.3, 0.4) is 0 Å². The Morgan fingerprint density at radius 2 is 1.88 bits per heavy atom. The lowest BCUT2D eigenvalue weighted by Crippen LogP contribution is -2.37. The quantitative estimate of drug-likeness (QED) is 0.836. The van der Waals surface area contributed by atoms with Crippen LogP contribution in [0.1, 0.15) is 30.0 Å². The van der Waals surface area contributed by atoms with Crippen molar-refractivity contribution in [2.75, 3.05) is 22.9 Å². The summed E-state index contributed by atoms with van der Waals surface area (Å²) in [5, 5.41) is 0. The molecule has 1 saturated heterocycles. The lowest BCUT2D eigenvalue weighted by Gasteiger charge is -2.25. The third-order valence-electron chi connectivity index (χ3n) is 5.17. The first-order valence-electron chi connectivity index (χ1n) is 9.16. The molecule has 4 nitrogen and oxygen atoms in total. The highest BCUT2D eigenvalue weighted by Gasteiger charge is 2.37. The number of anilines is 2. The van der Waals surface area contributed by atoms with Crippen molar-refractivity contribution in [1.82, 2.24) is 0 Å². The van der Waals surface area contributed by atoms with Crippen LogP contribution in [-0.2, 0) is 9.59 Å². The summed E-state index contributed by atoms with van der Waals surface area (Å²) in [6, 6.07) is 14.0. The molecule has 26 heavy (non-hydrogen) atoms. The molecule has 0 saturated carbocycles. The van der Waals surface area contributed by atoms with Gasteiger partial charge in [0.15, 0.2) is 0 Å². The van der Waals surface area contributed by atoms with Gasteiger partial charge in [-0.25, -0.2) is 0 Å². The van der Waals surface area contributed by atoms with Gasteiger partial charge in [-0.05, 0) is 68.7 Å². The van der Waals surface area contributed by atoms with Crippen molar-refractivity contribution < 1.29 is 9.59 Å². The van der Waals surface area contributed by atoms with Gasteiger partial charge in [-0.15, -0.1) is 0 Å². The maximum Gasteiger partial charge on any atom is 0.232 e. The van der Waals surface area contributed by atoms with E-state index in [9.17, 15) is 9.59 Å². The molecule has 0 aromatic heterocycles. The van der Waals surface area contributed by atoms with Crippen molar-refractivity contribution in [2.45, 2.75) is 34.1 Å². The fourth-order valence-corrected chi connectivity index (χ4v) is 3.50. The highest BCUT2D eigenvalue weighted by Crippen LogP contribution is 2.29. The van der Waals surface area contributed by atoms with Gasteiger partial charge in [0.1, 0.15) is 0 Å². The normalized spacial score (nSPS) is 16.8. The van der Waals surface area contributed by atoms with E-state index >= 15 is 0 Å². The first-order chi connectivity index (χ1) is 12.4. The number of aryl methyl sites for hydroxylation is 3. The summed E-state index contributed by atoms with van der Waals surface area (Å²) in [5.74, 6) is -0.255. The predicted molar refractivity (Wildman–Crippen MR) is 106 cm³/mol. The van der Waals surface area contributed by atoms with E-state index in [-0.39, 0.29) is 24.2 Å². The average molecular weight is 350 g/mol. The van der Waals surface area contributed by atoms with Crippen LogP contribution in [0.2, 0.25) is 0 Å². The fourth-order valence-electron chi connectivity index (χ4n) is 3.50. The van der Waals surface area contributed by atoms with E-state index < -0.39 is 0 Å². The zero-order valence-electron chi connectivity index (χ0n) is 16.0. The van der Waals surface area contributed by atoms with Crippen LogP contribution in [-0.4, -0.2) is 24.9 Å². The number of hydrogen-bond acceptors (Lipinski definition) is 2. The molecule has 0 radical (unpaired) electrons. The number of carbonyl (C=O) groups excluding carboxylic acids is 2. The Labute approximate surface area is 155 Å². The molecule has 4 heteroatoms. The number of nitrogens with zero attached hydrogens (tertiary/aromatic N) is 2. The molecule has 0 bridgehead atoms. The van der Waals surface area contributed by atoms with E-state index in [1.54, 1.807) is 9.80 Å². The van der Waals surface area contributed by atoms with E-state index in [0.717, 1.165) is 22.5 Å². The molecule has 2 aromatic carbocycles. The van der Waals surface area contributed by atoms with Crippen LogP contribution >= 0.6 is 0 Å². The van der Waals surface area contributed by atoms with Gasteiger partial charge in [-0.1, -0.05) is 18.2 Å². The summed E-state index contributed by atoms with van der Waals surface area (Å²) in [5.41, 5.74) is 5.25. The molecule has 0 N–H and O–H groups in total. The van der Waals surface area contributed by atoms with E-state index in [0.29, 0.717) is 13.1 Å². The number of hydrogen-bond donors (Lipinski definition) is 0. The van der Waals surface area contributed by atoms with Gasteiger partial charge in [0, 0.05) is 30.9 Å². The zero-order chi connectivity index (χ0) is 18.8. The average Bonchev–Trinajstić information content (AvgIpc) is 3.00. The van der Waals surface area contributed by atoms with Crippen LogP contribution in [0, 0.1) is 26.7 Å². The summed E-state index contributed by atoms with van der Waals surface area (Å²) in [6.45, 7) is 9.12. The van der Waals surface area contributed by atoms with Crippen molar-refractivity contribution in [2.24, 2.45) is 5.92 Å². The lowest BCUT2D eigenvalue weighted by molar-refractivity contribution is -0.124. The summed E-state index contributed by atoms with van der Waals surface area (Å²) in [6.07, 6.45) is 0.272. The van der Waals surface area contributed by atoms with E-state index in [4.69, 9.17) is 0 Å². The van der Waals surface area contributed by atoms with Crippen molar-refractivity contribution in [3.63, 3.8) is 0 Å². The van der Waals surface area contributed by atoms with Gasteiger partial charge in [0.2, 0.25) is 11.8 Å². The third-order valence-corrected chi connectivity index (χ3v) is 5.17. The molecule has 3 rings (SSSR count). The second-order valence-corrected chi connectivity index (χ2v) is 7.10. The topological polar surface area (TPSA) is 40.6 Å². The predicted octanol–water partition coefficient (Wildman–Crippen LogP) is 4.02. The molecule has 2 amide bonds. The van der Waals surface area contributed by atoms with E-state index in [1.807, 2.05) is 63.2 Å². The van der Waals surface area contributed by atoms with Crippen LogP contribution in [0.25, 0.3) is 0 Å². The lowest BCUT2D eigenvalue weighted by atomic mass is 10.1. The second kappa shape index (κ2) is 7.32. The Balaban J connectivity index is 1.80. The second-order valence-electron chi connectivity index (χ2n) is 7.10. The van der Waals surface area contributed by atoms with Crippen molar-refractivity contribution in [1.29, 1.82) is 0 Å². The van der Waals surface area contributed by atoms with E-state index in [1.165, 1.54) is 5.56 Å². The van der Waals surface area contributed by atoms with Crippen LogP contribution in [0.15, 0.2) is 42.5 Å². The Kier molecular flexibility index (Phi) is 5.12. The molecule has 136 valence electrons. The number of benzene rings is 2. The molecule has 0 aliphatic carbocycles. The Morgan fingerprint density at radius 3 is 2.54 bits per heavy atom. The highest BCUT2D eigenvalue weighted by atomic mass is 16.2. The molecule has 1 atom stereocenters. The highest BCUT2D eigenvalue weighted by molar-refractivity contribution is 6.04. The number of carbonyl (C=O) groups is 2. The smallest absolute Gasteiger partial charge is 0.232 e. The molecule has 1 aliphatic rings.